The van der Waals surface area contributed by atoms with Crippen LogP contribution in [-0.4, -0.2) is 5.91 Å². The van der Waals surface area contributed by atoms with E-state index in [0.29, 0.717) is 22.2 Å². The first-order valence-electron chi connectivity index (χ1n) is 8.20. The predicted molar refractivity (Wildman–Crippen MR) is 95.9 cm³/mol. The van der Waals surface area contributed by atoms with Crippen LogP contribution in [0.25, 0.3) is 6.08 Å². The molecule has 1 atom stereocenters. The van der Waals surface area contributed by atoms with Crippen molar-refractivity contribution in [2.75, 3.05) is 5.32 Å². The molecule has 0 spiro atoms. The van der Waals surface area contributed by atoms with Gasteiger partial charge < -0.3 is 9.73 Å². The van der Waals surface area contributed by atoms with Gasteiger partial charge >= 0.3 is 0 Å². The number of aryl methyl sites for hydroxylation is 1. The summed E-state index contributed by atoms with van der Waals surface area (Å²) in [5.41, 5.74) is 1.77. The summed E-state index contributed by atoms with van der Waals surface area (Å²) in [5, 5.41) is 13.0. The molecule has 2 heterocycles. The van der Waals surface area contributed by atoms with Gasteiger partial charge in [0.05, 0.1) is 5.56 Å². The molecular weight excluding hydrogens is 320 g/mol. The zero-order valence-corrected chi connectivity index (χ0v) is 14.7. The molecule has 1 amide bonds. The highest BCUT2D eigenvalue weighted by molar-refractivity contribution is 7.16. The number of nitrogens with one attached hydrogen (secondary N) is 1. The third-order valence-corrected chi connectivity index (χ3v) is 5.62. The third-order valence-electron chi connectivity index (χ3n) is 4.45. The van der Waals surface area contributed by atoms with Gasteiger partial charge in [0.1, 0.15) is 22.6 Å². The summed E-state index contributed by atoms with van der Waals surface area (Å²) in [4.78, 5) is 13.4. The molecule has 124 valence electrons. The van der Waals surface area contributed by atoms with Crippen LogP contribution in [0.2, 0.25) is 0 Å². The second-order valence-electron chi connectivity index (χ2n) is 6.11. The topological polar surface area (TPSA) is 66.0 Å². The van der Waals surface area contributed by atoms with Crippen LogP contribution in [-0.2, 0) is 17.6 Å². The molecule has 1 aliphatic carbocycles. The highest BCUT2D eigenvalue weighted by Crippen LogP contribution is 2.39. The highest BCUT2D eigenvalue weighted by Gasteiger charge is 2.25. The molecule has 3 rings (SSSR count). The zero-order valence-electron chi connectivity index (χ0n) is 13.9. The summed E-state index contributed by atoms with van der Waals surface area (Å²) in [6.45, 7) is 4.06. The van der Waals surface area contributed by atoms with Gasteiger partial charge in [-0.1, -0.05) is 13.3 Å². The number of carbonyl (C=O) groups is 1. The van der Waals surface area contributed by atoms with Crippen LogP contribution in [0.5, 0.6) is 0 Å². The molecule has 5 heteroatoms. The Balaban J connectivity index is 1.75. The van der Waals surface area contributed by atoms with Crippen LogP contribution in [0, 0.1) is 24.2 Å². The average Bonchev–Trinajstić information content (AvgIpc) is 3.14. The summed E-state index contributed by atoms with van der Waals surface area (Å²) >= 11 is 1.55. The standard InChI is InChI=1S/C19H20N2O2S/c1-3-13-5-8-15-16(11-20)19(24-17(15)10-13)21-18(22)9-7-14-6-4-12(2)23-14/h4,6-7,9,13H,3,5,8,10H2,1-2H3,(H,21,22)/b9-7+/t13-/m1/s1. The van der Waals surface area contributed by atoms with E-state index in [1.807, 2.05) is 19.1 Å². The molecule has 0 saturated carbocycles. The van der Waals surface area contributed by atoms with Crippen LogP contribution in [0.15, 0.2) is 22.6 Å². The molecule has 0 fully saturated rings. The summed E-state index contributed by atoms with van der Waals surface area (Å²) < 4.78 is 5.40. The van der Waals surface area contributed by atoms with Crippen molar-refractivity contribution >= 4 is 28.3 Å². The number of fused-ring (bicyclic) bond motifs is 1. The number of anilines is 1. The van der Waals surface area contributed by atoms with E-state index >= 15 is 0 Å². The Labute approximate surface area is 145 Å². The Bertz CT molecular complexity index is 823. The maximum atomic E-state index is 12.2. The van der Waals surface area contributed by atoms with E-state index in [1.165, 1.54) is 11.0 Å². The molecule has 0 saturated heterocycles. The second-order valence-corrected chi connectivity index (χ2v) is 7.21. The first kappa shape index (κ1) is 16.5. The Morgan fingerprint density at radius 1 is 1.54 bits per heavy atom. The fourth-order valence-corrected chi connectivity index (χ4v) is 4.38. The summed E-state index contributed by atoms with van der Waals surface area (Å²) in [5.74, 6) is 1.89. The van der Waals surface area contributed by atoms with Crippen molar-refractivity contribution in [1.29, 1.82) is 5.26 Å². The average molecular weight is 340 g/mol. The first-order valence-corrected chi connectivity index (χ1v) is 9.02. The number of rotatable bonds is 4. The van der Waals surface area contributed by atoms with Gasteiger partial charge in [-0.3, -0.25) is 4.79 Å². The minimum Gasteiger partial charge on any atom is -0.462 e. The highest BCUT2D eigenvalue weighted by atomic mass is 32.1. The van der Waals surface area contributed by atoms with E-state index in [4.69, 9.17) is 4.42 Å². The molecule has 2 aromatic heterocycles. The lowest BCUT2D eigenvalue weighted by molar-refractivity contribution is -0.111. The lowest BCUT2D eigenvalue weighted by Gasteiger charge is -2.20. The lowest BCUT2D eigenvalue weighted by atomic mass is 9.86. The SMILES string of the molecule is CC[C@@H]1CCc2c(sc(NC(=O)/C=C/c3ccc(C)o3)c2C#N)C1. The summed E-state index contributed by atoms with van der Waals surface area (Å²) in [7, 11) is 0. The first-order chi connectivity index (χ1) is 11.6. The summed E-state index contributed by atoms with van der Waals surface area (Å²) in [6.07, 6.45) is 7.31. The number of amides is 1. The van der Waals surface area contributed by atoms with Crippen molar-refractivity contribution in [2.24, 2.45) is 5.92 Å². The van der Waals surface area contributed by atoms with Gasteiger partial charge in [-0.25, -0.2) is 0 Å². The predicted octanol–water partition coefficient (Wildman–Crippen LogP) is 4.69. The lowest BCUT2D eigenvalue weighted by Crippen LogP contribution is -2.12. The number of hydrogen-bond donors (Lipinski definition) is 1. The third kappa shape index (κ3) is 3.44. The Hall–Kier alpha value is -2.32. The molecule has 0 aromatic carbocycles. The Morgan fingerprint density at radius 2 is 2.38 bits per heavy atom. The zero-order chi connectivity index (χ0) is 17.1. The fourth-order valence-electron chi connectivity index (χ4n) is 3.06. The van der Waals surface area contributed by atoms with Crippen LogP contribution >= 0.6 is 11.3 Å². The van der Waals surface area contributed by atoms with E-state index in [1.54, 1.807) is 17.4 Å². The van der Waals surface area contributed by atoms with E-state index < -0.39 is 0 Å². The minimum atomic E-state index is -0.244. The van der Waals surface area contributed by atoms with E-state index in [0.717, 1.165) is 37.0 Å². The molecule has 0 aliphatic heterocycles. The molecule has 0 bridgehead atoms. The van der Waals surface area contributed by atoms with E-state index in [9.17, 15) is 10.1 Å². The largest absolute Gasteiger partial charge is 0.462 e. The normalized spacial score (nSPS) is 16.8. The monoisotopic (exact) mass is 340 g/mol. The van der Waals surface area contributed by atoms with Gasteiger partial charge in [0.15, 0.2) is 0 Å². The molecule has 1 aliphatic rings. The number of thiophene rings is 1. The maximum absolute atomic E-state index is 12.2. The van der Waals surface area contributed by atoms with Gasteiger partial charge in [0, 0.05) is 11.0 Å². The molecule has 24 heavy (non-hydrogen) atoms. The van der Waals surface area contributed by atoms with Crippen molar-refractivity contribution in [3.05, 3.63) is 45.7 Å². The smallest absolute Gasteiger partial charge is 0.249 e. The van der Waals surface area contributed by atoms with Crippen molar-refractivity contribution in [3.8, 4) is 6.07 Å². The Morgan fingerprint density at radius 3 is 3.04 bits per heavy atom. The number of nitrogens with zero attached hydrogens (tertiary/aromatic N) is 1. The number of hydrogen-bond acceptors (Lipinski definition) is 4. The van der Waals surface area contributed by atoms with Crippen molar-refractivity contribution < 1.29 is 9.21 Å². The molecule has 1 N–H and O–H groups in total. The number of nitriles is 1. The molecule has 2 aromatic rings. The van der Waals surface area contributed by atoms with Crippen molar-refractivity contribution in [2.45, 2.75) is 39.5 Å². The van der Waals surface area contributed by atoms with E-state index in [2.05, 4.69) is 18.3 Å². The van der Waals surface area contributed by atoms with Gasteiger partial charge in [-0.05, 0) is 55.9 Å². The number of carbonyl (C=O) groups excluding carboxylic acids is 1. The Kier molecular flexibility index (Phi) is 4.86. The molecule has 4 nitrogen and oxygen atoms in total. The van der Waals surface area contributed by atoms with Crippen LogP contribution in [0.3, 0.4) is 0 Å². The van der Waals surface area contributed by atoms with Crippen LogP contribution < -0.4 is 5.32 Å². The quantitative estimate of drug-likeness (QED) is 0.821. The summed E-state index contributed by atoms with van der Waals surface area (Å²) in [6, 6.07) is 5.94. The minimum absolute atomic E-state index is 0.244. The van der Waals surface area contributed by atoms with Gasteiger partial charge in [0.2, 0.25) is 5.91 Å². The molecule has 0 radical (unpaired) electrons. The number of furan rings is 1. The second kappa shape index (κ2) is 7.06. The fraction of sp³-hybridized carbons (Fsp3) is 0.368. The van der Waals surface area contributed by atoms with Crippen LogP contribution in [0.4, 0.5) is 5.00 Å². The van der Waals surface area contributed by atoms with Gasteiger partial charge in [-0.2, -0.15) is 5.26 Å². The van der Waals surface area contributed by atoms with Crippen molar-refractivity contribution in [1.82, 2.24) is 0 Å². The maximum Gasteiger partial charge on any atom is 0.249 e. The molecule has 0 unspecified atom stereocenters. The van der Waals surface area contributed by atoms with Crippen LogP contribution in [0.1, 0.15) is 47.3 Å². The molecular formula is C19H20N2O2S. The van der Waals surface area contributed by atoms with Gasteiger partial charge in [0.25, 0.3) is 0 Å². The van der Waals surface area contributed by atoms with E-state index in [-0.39, 0.29) is 5.91 Å². The van der Waals surface area contributed by atoms with Crippen molar-refractivity contribution in [3.63, 3.8) is 0 Å². The van der Waals surface area contributed by atoms with Gasteiger partial charge in [-0.15, -0.1) is 11.3 Å².